The molecule has 3 heterocycles. The molecule has 2 N–H and O–H groups in total. The number of amides is 1. The minimum Gasteiger partial charge on any atom is -0.481 e. The number of carboxylic acid groups (broad SMARTS) is 1. The van der Waals surface area contributed by atoms with Crippen LogP contribution in [0.3, 0.4) is 0 Å². The van der Waals surface area contributed by atoms with Gasteiger partial charge in [0.2, 0.25) is 5.91 Å². The van der Waals surface area contributed by atoms with Crippen molar-refractivity contribution in [2.45, 2.75) is 44.8 Å². The fourth-order valence-corrected chi connectivity index (χ4v) is 4.74. The predicted octanol–water partition coefficient (Wildman–Crippen LogP) is 3.75. The highest BCUT2D eigenvalue weighted by Crippen LogP contribution is 2.44. The molecule has 2 fully saturated rings. The third-order valence-electron chi connectivity index (χ3n) is 5.47. The van der Waals surface area contributed by atoms with E-state index in [9.17, 15) is 14.7 Å². The van der Waals surface area contributed by atoms with Gasteiger partial charge in [0.15, 0.2) is 5.13 Å². The highest BCUT2D eigenvalue weighted by Gasteiger charge is 2.55. The van der Waals surface area contributed by atoms with Crippen LogP contribution in [0.2, 0.25) is 0 Å². The van der Waals surface area contributed by atoms with Crippen LogP contribution in [0, 0.1) is 11.8 Å². The summed E-state index contributed by atoms with van der Waals surface area (Å²) in [7, 11) is 0. The van der Waals surface area contributed by atoms with Crippen LogP contribution in [-0.2, 0) is 14.3 Å². The molecule has 2 aliphatic rings. The van der Waals surface area contributed by atoms with Crippen LogP contribution in [0.25, 0.3) is 11.3 Å². The lowest BCUT2D eigenvalue weighted by molar-refractivity contribution is -0.147. The second-order valence-electron chi connectivity index (χ2n) is 7.48. The zero-order valence-electron chi connectivity index (χ0n) is 15.2. The van der Waals surface area contributed by atoms with Crippen molar-refractivity contribution in [1.82, 2.24) is 4.98 Å². The summed E-state index contributed by atoms with van der Waals surface area (Å²) >= 11 is 1.34. The Hall–Kier alpha value is -2.25. The molecule has 27 heavy (non-hydrogen) atoms. The van der Waals surface area contributed by atoms with Crippen molar-refractivity contribution in [3.05, 3.63) is 35.2 Å². The Labute approximate surface area is 161 Å². The number of thiazole rings is 1. The number of benzene rings is 1. The smallest absolute Gasteiger partial charge is 0.310 e. The van der Waals surface area contributed by atoms with E-state index in [2.05, 4.69) is 36.3 Å². The quantitative estimate of drug-likeness (QED) is 0.817. The maximum atomic E-state index is 12.7. The van der Waals surface area contributed by atoms with E-state index in [1.54, 1.807) is 0 Å². The molecule has 1 aromatic carbocycles. The van der Waals surface area contributed by atoms with Gasteiger partial charge in [0, 0.05) is 10.9 Å². The van der Waals surface area contributed by atoms with E-state index < -0.39 is 17.8 Å². The maximum absolute atomic E-state index is 12.7. The van der Waals surface area contributed by atoms with Crippen molar-refractivity contribution in [2.75, 3.05) is 5.32 Å². The van der Waals surface area contributed by atoms with Gasteiger partial charge in [-0.1, -0.05) is 38.1 Å². The number of ether oxygens (including phenoxy) is 1. The van der Waals surface area contributed by atoms with E-state index in [1.165, 1.54) is 16.9 Å². The average molecular weight is 386 g/mol. The second-order valence-corrected chi connectivity index (χ2v) is 8.34. The van der Waals surface area contributed by atoms with E-state index in [-0.39, 0.29) is 18.1 Å². The first-order valence-corrected chi connectivity index (χ1v) is 10.1. The van der Waals surface area contributed by atoms with Gasteiger partial charge in [0.25, 0.3) is 0 Å². The van der Waals surface area contributed by atoms with Crippen LogP contribution in [0.1, 0.15) is 38.2 Å². The summed E-state index contributed by atoms with van der Waals surface area (Å²) in [6.07, 6.45) is 0.783. The van der Waals surface area contributed by atoms with Gasteiger partial charge in [-0.15, -0.1) is 11.3 Å². The molecule has 1 aromatic heterocycles. The van der Waals surface area contributed by atoms with E-state index in [0.717, 1.165) is 17.7 Å². The highest BCUT2D eigenvalue weighted by atomic mass is 32.1. The monoisotopic (exact) mass is 386 g/mol. The molecule has 6 nitrogen and oxygen atoms in total. The molecule has 0 unspecified atom stereocenters. The molecule has 2 bridgehead atoms. The fourth-order valence-electron chi connectivity index (χ4n) is 4.02. The summed E-state index contributed by atoms with van der Waals surface area (Å²) < 4.78 is 5.66. The molecule has 4 atom stereocenters. The molecule has 4 rings (SSSR count). The number of rotatable bonds is 5. The number of carbonyl (C=O) groups excluding carboxylic acids is 1. The fraction of sp³-hybridized carbons (Fsp3) is 0.450. The molecule has 7 heteroatoms. The second kappa shape index (κ2) is 7.05. The summed E-state index contributed by atoms with van der Waals surface area (Å²) in [5.41, 5.74) is 3.05. The Morgan fingerprint density at radius 3 is 2.48 bits per heavy atom. The summed E-state index contributed by atoms with van der Waals surface area (Å²) in [6.45, 7) is 4.30. The molecule has 142 valence electrons. The molecule has 1 amide bonds. The maximum Gasteiger partial charge on any atom is 0.310 e. The van der Waals surface area contributed by atoms with Crippen molar-refractivity contribution >= 4 is 28.3 Å². The molecule has 2 aromatic rings. The number of carbonyl (C=O) groups is 2. The molecule has 0 radical (unpaired) electrons. The number of anilines is 1. The van der Waals surface area contributed by atoms with Crippen molar-refractivity contribution in [3.8, 4) is 11.3 Å². The van der Waals surface area contributed by atoms with E-state index >= 15 is 0 Å². The first-order valence-electron chi connectivity index (χ1n) is 9.19. The summed E-state index contributed by atoms with van der Waals surface area (Å²) in [6, 6.07) is 8.23. The van der Waals surface area contributed by atoms with E-state index in [1.807, 2.05) is 17.5 Å². The Morgan fingerprint density at radius 2 is 1.85 bits per heavy atom. The Kier molecular flexibility index (Phi) is 4.74. The van der Waals surface area contributed by atoms with E-state index in [0.29, 0.717) is 17.5 Å². The van der Waals surface area contributed by atoms with Gasteiger partial charge in [0.1, 0.15) is 0 Å². The molecule has 0 spiro atoms. The number of aliphatic carboxylic acids is 1. The first-order chi connectivity index (χ1) is 12.9. The Morgan fingerprint density at radius 1 is 1.19 bits per heavy atom. The van der Waals surface area contributed by atoms with Crippen LogP contribution in [0.15, 0.2) is 29.6 Å². The number of carboxylic acids is 1. The zero-order chi connectivity index (χ0) is 19.1. The SMILES string of the molecule is CC(C)c1ccc(-c2csc(NC(=O)[C@H]3[C@@H](C(=O)O)[C@@H]4CC[C@H]3O4)n2)cc1. The first kappa shape index (κ1) is 18.1. The molecule has 0 saturated carbocycles. The van der Waals surface area contributed by atoms with Gasteiger partial charge in [-0.2, -0.15) is 0 Å². The molecule has 2 aliphatic heterocycles. The third-order valence-corrected chi connectivity index (χ3v) is 6.23. The predicted molar refractivity (Wildman–Crippen MR) is 103 cm³/mol. The van der Waals surface area contributed by atoms with Crippen molar-refractivity contribution in [2.24, 2.45) is 11.8 Å². The lowest BCUT2D eigenvalue weighted by Gasteiger charge is -2.23. The number of aromatic nitrogens is 1. The van der Waals surface area contributed by atoms with Crippen molar-refractivity contribution < 1.29 is 19.4 Å². The summed E-state index contributed by atoms with van der Waals surface area (Å²) in [4.78, 5) is 28.7. The van der Waals surface area contributed by atoms with Gasteiger partial charge in [0.05, 0.1) is 29.7 Å². The minimum atomic E-state index is -0.965. The van der Waals surface area contributed by atoms with Crippen LogP contribution < -0.4 is 5.32 Å². The Balaban J connectivity index is 1.47. The van der Waals surface area contributed by atoms with Gasteiger partial charge in [-0.25, -0.2) is 4.98 Å². The molecule has 2 saturated heterocycles. The number of fused-ring (bicyclic) bond motifs is 2. The average Bonchev–Trinajstić information content (AvgIpc) is 3.37. The topological polar surface area (TPSA) is 88.5 Å². The molecular weight excluding hydrogens is 364 g/mol. The van der Waals surface area contributed by atoms with Crippen molar-refractivity contribution in [3.63, 3.8) is 0 Å². The van der Waals surface area contributed by atoms with Gasteiger partial charge >= 0.3 is 5.97 Å². The van der Waals surface area contributed by atoms with Crippen molar-refractivity contribution in [1.29, 1.82) is 0 Å². The molecular formula is C20H22N2O4S. The number of hydrogen-bond acceptors (Lipinski definition) is 5. The standard InChI is InChI=1S/C20H22N2O4S/c1-10(2)11-3-5-12(6-4-11)13-9-27-20(21-13)22-18(23)16-14-7-8-15(26-14)17(16)19(24)25/h3-6,9-10,14-17H,7-8H2,1-2H3,(H,24,25)(H,21,22,23)/t14-,15+,16-,17+/m1/s1. The van der Waals surface area contributed by atoms with Crippen LogP contribution in [0.5, 0.6) is 0 Å². The lowest BCUT2D eigenvalue weighted by atomic mass is 9.79. The summed E-state index contributed by atoms with van der Waals surface area (Å²) in [5, 5.41) is 14.6. The summed E-state index contributed by atoms with van der Waals surface area (Å²) in [5.74, 6) is -2.24. The Bertz CT molecular complexity index is 861. The van der Waals surface area contributed by atoms with Gasteiger partial charge < -0.3 is 15.2 Å². The molecule has 0 aliphatic carbocycles. The highest BCUT2D eigenvalue weighted by molar-refractivity contribution is 7.14. The largest absolute Gasteiger partial charge is 0.481 e. The van der Waals surface area contributed by atoms with E-state index in [4.69, 9.17) is 4.74 Å². The van der Waals surface area contributed by atoms with Crippen LogP contribution in [0.4, 0.5) is 5.13 Å². The van der Waals surface area contributed by atoms with Gasteiger partial charge in [-0.05, 0) is 24.3 Å². The van der Waals surface area contributed by atoms with Crippen LogP contribution in [-0.4, -0.2) is 34.2 Å². The lowest BCUT2D eigenvalue weighted by Crippen LogP contribution is -2.40. The number of hydrogen-bond donors (Lipinski definition) is 2. The number of nitrogens with one attached hydrogen (secondary N) is 1. The minimum absolute atomic E-state index is 0.306. The van der Waals surface area contributed by atoms with Crippen LogP contribution >= 0.6 is 11.3 Å². The number of nitrogens with zero attached hydrogens (tertiary/aromatic N) is 1. The zero-order valence-corrected chi connectivity index (χ0v) is 16.0. The normalized spacial score (nSPS) is 26.5. The van der Waals surface area contributed by atoms with Gasteiger partial charge in [-0.3, -0.25) is 9.59 Å². The third kappa shape index (κ3) is 3.37.